The monoisotopic (exact) mass is 343 g/mol. The maximum Gasteiger partial charge on any atom is 0.324 e. The number of fused-ring (bicyclic) bond motifs is 1. The van der Waals surface area contributed by atoms with Gasteiger partial charge in [0.05, 0.1) is 12.1 Å². The minimum atomic E-state index is -0.194. The van der Waals surface area contributed by atoms with Crippen LogP contribution in [0.3, 0.4) is 0 Å². The van der Waals surface area contributed by atoms with Crippen LogP contribution in [0.15, 0.2) is 24.3 Å². The van der Waals surface area contributed by atoms with Gasteiger partial charge in [-0.25, -0.2) is 4.79 Å². The Hall–Kier alpha value is -2.64. The molecule has 0 radical (unpaired) electrons. The van der Waals surface area contributed by atoms with Gasteiger partial charge in [-0.3, -0.25) is 5.32 Å². The molecule has 1 aliphatic heterocycles. The molecule has 0 saturated heterocycles. The van der Waals surface area contributed by atoms with Crippen LogP contribution in [0.25, 0.3) is 0 Å². The average Bonchev–Trinajstić information content (AvgIpc) is 3.01. The molecule has 3 rings (SSSR count). The van der Waals surface area contributed by atoms with Gasteiger partial charge in [0.2, 0.25) is 0 Å². The van der Waals surface area contributed by atoms with Crippen LogP contribution in [-0.2, 0) is 6.54 Å². The van der Waals surface area contributed by atoms with E-state index >= 15 is 0 Å². The number of urea groups is 1. The Labute approximate surface area is 147 Å². The number of hydrogen-bond acceptors (Lipinski definition) is 5. The number of carbonyl (C=O) groups is 1. The van der Waals surface area contributed by atoms with Crippen molar-refractivity contribution in [2.24, 2.45) is 0 Å². The standard InChI is InChI=1S/C17H25N7O/c1-5-14-11-22(4)15-9-7-6-8-13(15)10-23(14)17(25)18-16-19-21-24(20-16)12(2)3/h6-9,12,14H,5,10-11H2,1-4H3,(H,18,20,25). The fourth-order valence-corrected chi connectivity index (χ4v) is 3.09. The number of nitrogens with zero attached hydrogens (tertiary/aromatic N) is 6. The summed E-state index contributed by atoms with van der Waals surface area (Å²) in [6.07, 6.45) is 0.873. The molecule has 25 heavy (non-hydrogen) atoms. The fraction of sp³-hybridized carbons (Fsp3) is 0.529. The number of likely N-dealkylation sites (N-methyl/N-ethyl adjacent to an activating group) is 1. The number of anilines is 2. The van der Waals surface area contributed by atoms with Crippen LogP contribution in [0.4, 0.5) is 16.4 Å². The van der Waals surface area contributed by atoms with Crippen molar-refractivity contribution in [1.29, 1.82) is 0 Å². The summed E-state index contributed by atoms with van der Waals surface area (Å²) < 4.78 is 0. The summed E-state index contributed by atoms with van der Waals surface area (Å²) in [6.45, 7) is 7.36. The summed E-state index contributed by atoms with van der Waals surface area (Å²) in [5.74, 6) is 0.236. The van der Waals surface area contributed by atoms with Gasteiger partial charge in [-0.1, -0.05) is 30.2 Å². The predicted molar refractivity (Wildman–Crippen MR) is 96.6 cm³/mol. The van der Waals surface area contributed by atoms with Crippen molar-refractivity contribution >= 4 is 17.7 Å². The van der Waals surface area contributed by atoms with E-state index in [1.54, 1.807) is 0 Å². The normalized spacial score (nSPS) is 17.4. The molecule has 1 atom stereocenters. The SMILES string of the molecule is CCC1CN(C)c2ccccc2CN1C(=O)Nc1nnn(C(C)C)n1. The van der Waals surface area contributed by atoms with E-state index in [9.17, 15) is 4.79 Å². The highest BCUT2D eigenvalue weighted by Crippen LogP contribution is 2.27. The van der Waals surface area contributed by atoms with Crippen molar-refractivity contribution in [2.75, 3.05) is 23.8 Å². The lowest BCUT2D eigenvalue weighted by molar-refractivity contribution is 0.185. The number of aromatic nitrogens is 4. The summed E-state index contributed by atoms with van der Waals surface area (Å²) in [6, 6.07) is 8.21. The highest BCUT2D eigenvalue weighted by Gasteiger charge is 2.29. The predicted octanol–water partition coefficient (Wildman–Crippen LogP) is 2.52. The molecule has 0 aliphatic carbocycles. The molecule has 1 N–H and O–H groups in total. The minimum absolute atomic E-state index is 0.0975. The second-order valence-corrected chi connectivity index (χ2v) is 6.66. The molecule has 0 saturated carbocycles. The van der Waals surface area contributed by atoms with Gasteiger partial charge in [-0.15, -0.1) is 5.10 Å². The molecule has 0 bridgehead atoms. The molecule has 8 heteroatoms. The van der Waals surface area contributed by atoms with Crippen LogP contribution in [0.5, 0.6) is 0 Å². The number of tetrazole rings is 1. The van der Waals surface area contributed by atoms with Crippen LogP contribution in [0, 0.1) is 0 Å². The van der Waals surface area contributed by atoms with E-state index in [0.717, 1.165) is 18.5 Å². The maximum absolute atomic E-state index is 12.9. The van der Waals surface area contributed by atoms with Crippen molar-refractivity contribution < 1.29 is 4.79 Å². The van der Waals surface area contributed by atoms with Crippen molar-refractivity contribution in [3.05, 3.63) is 29.8 Å². The van der Waals surface area contributed by atoms with Gasteiger partial charge in [0, 0.05) is 25.8 Å². The third-order valence-corrected chi connectivity index (χ3v) is 4.51. The highest BCUT2D eigenvalue weighted by molar-refractivity contribution is 5.87. The Morgan fingerprint density at radius 2 is 2.12 bits per heavy atom. The second kappa shape index (κ2) is 7.08. The molecular formula is C17H25N7O. The van der Waals surface area contributed by atoms with Crippen LogP contribution in [-0.4, -0.2) is 50.8 Å². The number of amides is 2. The molecule has 0 fully saturated rings. The van der Waals surface area contributed by atoms with E-state index in [1.807, 2.05) is 30.9 Å². The van der Waals surface area contributed by atoms with E-state index < -0.39 is 0 Å². The Bertz CT molecular complexity index is 742. The summed E-state index contributed by atoms with van der Waals surface area (Å²) in [5.41, 5.74) is 2.30. The van der Waals surface area contributed by atoms with Crippen molar-refractivity contribution in [3.8, 4) is 0 Å². The lowest BCUT2D eigenvalue weighted by Gasteiger charge is -2.30. The van der Waals surface area contributed by atoms with Gasteiger partial charge >= 0.3 is 6.03 Å². The molecule has 1 aromatic carbocycles. The van der Waals surface area contributed by atoms with E-state index in [2.05, 4.69) is 51.7 Å². The first-order valence-electron chi connectivity index (χ1n) is 8.65. The van der Waals surface area contributed by atoms with Crippen molar-refractivity contribution in [3.63, 3.8) is 0 Å². The zero-order chi connectivity index (χ0) is 18.0. The smallest absolute Gasteiger partial charge is 0.324 e. The highest BCUT2D eigenvalue weighted by atomic mass is 16.2. The van der Waals surface area contributed by atoms with Gasteiger partial charge in [0.1, 0.15) is 0 Å². The van der Waals surface area contributed by atoms with Crippen molar-refractivity contribution in [1.82, 2.24) is 25.1 Å². The number of carbonyl (C=O) groups excluding carboxylic acids is 1. The van der Waals surface area contributed by atoms with E-state index in [1.165, 1.54) is 10.5 Å². The Balaban J connectivity index is 1.81. The van der Waals surface area contributed by atoms with Crippen molar-refractivity contribution in [2.45, 2.75) is 45.8 Å². The molecule has 2 aromatic rings. The molecule has 2 amide bonds. The first kappa shape index (κ1) is 17.2. The Kier molecular flexibility index (Phi) is 4.87. The molecular weight excluding hydrogens is 318 g/mol. The zero-order valence-electron chi connectivity index (χ0n) is 15.2. The van der Waals surface area contributed by atoms with Crippen LogP contribution in [0.2, 0.25) is 0 Å². The van der Waals surface area contributed by atoms with Crippen LogP contribution < -0.4 is 10.2 Å². The number of rotatable bonds is 3. The lowest BCUT2D eigenvalue weighted by atomic mass is 10.1. The first-order valence-corrected chi connectivity index (χ1v) is 8.65. The quantitative estimate of drug-likeness (QED) is 0.926. The van der Waals surface area contributed by atoms with Gasteiger partial charge in [0.15, 0.2) is 0 Å². The maximum atomic E-state index is 12.9. The summed E-state index contributed by atoms with van der Waals surface area (Å²) >= 11 is 0. The third kappa shape index (κ3) is 3.57. The number of nitrogens with one attached hydrogen (secondary N) is 1. The Morgan fingerprint density at radius 1 is 1.36 bits per heavy atom. The van der Waals surface area contributed by atoms with E-state index in [-0.39, 0.29) is 24.1 Å². The van der Waals surface area contributed by atoms with Gasteiger partial charge < -0.3 is 9.80 Å². The second-order valence-electron chi connectivity index (χ2n) is 6.66. The first-order chi connectivity index (χ1) is 12.0. The number of benzene rings is 1. The molecule has 0 spiro atoms. The van der Waals surface area contributed by atoms with Crippen LogP contribution >= 0.6 is 0 Å². The third-order valence-electron chi connectivity index (χ3n) is 4.51. The Morgan fingerprint density at radius 3 is 2.80 bits per heavy atom. The molecule has 1 unspecified atom stereocenters. The topological polar surface area (TPSA) is 79.2 Å². The lowest BCUT2D eigenvalue weighted by Crippen LogP contribution is -2.45. The largest absolute Gasteiger partial charge is 0.372 e. The minimum Gasteiger partial charge on any atom is -0.372 e. The molecule has 1 aliphatic rings. The number of para-hydroxylation sites is 1. The molecule has 8 nitrogen and oxygen atoms in total. The molecule has 1 aromatic heterocycles. The van der Waals surface area contributed by atoms with E-state index in [4.69, 9.17) is 0 Å². The van der Waals surface area contributed by atoms with Crippen LogP contribution in [0.1, 0.15) is 38.8 Å². The number of hydrogen-bond donors (Lipinski definition) is 1. The summed E-state index contributed by atoms with van der Waals surface area (Å²) in [4.78, 5) is 18.4. The summed E-state index contributed by atoms with van der Waals surface area (Å²) in [7, 11) is 2.07. The summed E-state index contributed by atoms with van der Waals surface area (Å²) in [5, 5.41) is 14.9. The average molecular weight is 343 g/mol. The zero-order valence-corrected chi connectivity index (χ0v) is 15.2. The molecule has 134 valence electrons. The van der Waals surface area contributed by atoms with Gasteiger partial charge in [0.25, 0.3) is 5.95 Å². The molecule has 2 heterocycles. The van der Waals surface area contributed by atoms with E-state index in [0.29, 0.717) is 6.54 Å². The van der Waals surface area contributed by atoms with Gasteiger partial charge in [-0.2, -0.15) is 4.80 Å². The fourth-order valence-electron chi connectivity index (χ4n) is 3.09. The van der Waals surface area contributed by atoms with Gasteiger partial charge in [-0.05, 0) is 37.1 Å².